The number of carbonyl (C=O) groups excluding carboxylic acids is 1. The molecule has 4 nitrogen and oxygen atoms in total. The zero-order valence-electron chi connectivity index (χ0n) is 9.38. The molecule has 86 valence electrons. The quantitative estimate of drug-likeness (QED) is 0.755. The third kappa shape index (κ3) is 1.62. The fraction of sp³-hybridized carbons (Fsp3) is 0.667. The number of likely N-dealkylation sites (tertiary alicyclic amines) is 1. The molecule has 1 aliphatic carbocycles. The molecule has 4 heteroatoms. The Morgan fingerprint density at radius 2 is 2.00 bits per heavy atom. The fourth-order valence-electron chi connectivity index (χ4n) is 2.74. The van der Waals surface area contributed by atoms with Gasteiger partial charge in [-0.05, 0) is 12.8 Å². The second kappa shape index (κ2) is 3.92. The molecule has 0 unspecified atom stereocenters. The van der Waals surface area contributed by atoms with E-state index in [4.69, 9.17) is 0 Å². The third-order valence-electron chi connectivity index (χ3n) is 3.82. The Morgan fingerprint density at radius 1 is 1.25 bits per heavy atom. The van der Waals surface area contributed by atoms with Crippen molar-refractivity contribution in [3.63, 3.8) is 0 Å². The van der Waals surface area contributed by atoms with Crippen molar-refractivity contribution < 1.29 is 4.79 Å². The number of rotatable bonds is 2. The van der Waals surface area contributed by atoms with E-state index in [1.165, 1.54) is 12.8 Å². The Morgan fingerprint density at radius 3 is 2.62 bits per heavy atom. The van der Waals surface area contributed by atoms with Crippen LogP contribution in [0.3, 0.4) is 0 Å². The van der Waals surface area contributed by atoms with Crippen LogP contribution in [0.25, 0.3) is 0 Å². The van der Waals surface area contributed by atoms with E-state index in [0.29, 0.717) is 17.9 Å². The van der Waals surface area contributed by atoms with Crippen molar-refractivity contribution in [3.8, 4) is 0 Å². The number of imidazole rings is 1. The molecule has 0 N–H and O–H groups in total. The molecule has 2 heterocycles. The molecule has 1 aliphatic heterocycles. The van der Waals surface area contributed by atoms with Crippen molar-refractivity contribution in [2.45, 2.75) is 31.7 Å². The highest BCUT2D eigenvalue weighted by molar-refractivity contribution is 5.79. The lowest BCUT2D eigenvalue weighted by atomic mass is 10.0. The van der Waals surface area contributed by atoms with Crippen molar-refractivity contribution in [1.82, 2.24) is 14.5 Å². The van der Waals surface area contributed by atoms with Gasteiger partial charge in [0.25, 0.3) is 0 Å². The van der Waals surface area contributed by atoms with Gasteiger partial charge in [0.1, 0.15) is 0 Å². The number of aromatic nitrogens is 2. The predicted octanol–water partition coefficient (Wildman–Crippen LogP) is 1.46. The Bertz CT molecular complexity index is 362. The molecule has 0 spiro atoms. The lowest BCUT2D eigenvalue weighted by Crippen LogP contribution is -2.52. The minimum atomic E-state index is 0.323. The van der Waals surface area contributed by atoms with E-state index in [9.17, 15) is 4.79 Å². The van der Waals surface area contributed by atoms with Crippen LogP contribution in [-0.4, -0.2) is 33.4 Å². The zero-order chi connectivity index (χ0) is 11.0. The highest BCUT2D eigenvalue weighted by atomic mass is 16.2. The van der Waals surface area contributed by atoms with E-state index in [1.807, 2.05) is 17.4 Å². The van der Waals surface area contributed by atoms with Crippen LogP contribution in [0.15, 0.2) is 18.7 Å². The van der Waals surface area contributed by atoms with Crippen LogP contribution >= 0.6 is 0 Å². The van der Waals surface area contributed by atoms with Crippen LogP contribution < -0.4 is 0 Å². The van der Waals surface area contributed by atoms with E-state index >= 15 is 0 Å². The summed E-state index contributed by atoms with van der Waals surface area (Å²) in [5.74, 6) is 0.706. The van der Waals surface area contributed by atoms with Crippen LogP contribution in [0.5, 0.6) is 0 Å². The SMILES string of the molecule is O=C(C1CCCC1)N1CC(n2ccnc2)C1. The number of nitrogens with zero attached hydrogens (tertiary/aromatic N) is 3. The number of hydrogen-bond acceptors (Lipinski definition) is 2. The summed E-state index contributed by atoms with van der Waals surface area (Å²) in [5.41, 5.74) is 0. The van der Waals surface area contributed by atoms with Crippen LogP contribution in [0.2, 0.25) is 0 Å². The van der Waals surface area contributed by atoms with Crippen molar-refractivity contribution in [2.24, 2.45) is 5.92 Å². The van der Waals surface area contributed by atoms with Crippen molar-refractivity contribution in [1.29, 1.82) is 0 Å². The second-order valence-corrected chi connectivity index (χ2v) is 4.89. The minimum absolute atomic E-state index is 0.323. The van der Waals surface area contributed by atoms with E-state index in [-0.39, 0.29) is 0 Å². The number of amides is 1. The molecule has 1 saturated carbocycles. The molecule has 3 rings (SSSR count). The summed E-state index contributed by atoms with van der Waals surface area (Å²) >= 11 is 0. The summed E-state index contributed by atoms with van der Waals surface area (Å²) in [7, 11) is 0. The maximum atomic E-state index is 12.0. The van der Waals surface area contributed by atoms with Crippen molar-refractivity contribution in [3.05, 3.63) is 18.7 Å². The highest BCUT2D eigenvalue weighted by Crippen LogP contribution is 2.30. The van der Waals surface area contributed by atoms with Crippen LogP contribution in [0.4, 0.5) is 0 Å². The first-order valence-electron chi connectivity index (χ1n) is 6.11. The first-order chi connectivity index (χ1) is 7.84. The fourth-order valence-corrected chi connectivity index (χ4v) is 2.74. The third-order valence-corrected chi connectivity index (χ3v) is 3.82. The van der Waals surface area contributed by atoms with Gasteiger partial charge in [-0.3, -0.25) is 4.79 Å². The van der Waals surface area contributed by atoms with Gasteiger partial charge in [-0.2, -0.15) is 0 Å². The molecule has 1 saturated heterocycles. The molecule has 1 amide bonds. The van der Waals surface area contributed by atoms with Crippen molar-refractivity contribution in [2.75, 3.05) is 13.1 Å². The average Bonchev–Trinajstić information content (AvgIpc) is 2.88. The van der Waals surface area contributed by atoms with E-state index in [2.05, 4.69) is 9.55 Å². The highest BCUT2D eigenvalue weighted by Gasteiger charge is 2.35. The van der Waals surface area contributed by atoms with Crippen LogP contribution in [-0.2, 0) is 4.79 Å². The van der Waals surface area contributed by atoms with Gasteiger partial charge >= 0.3 is 0 Å². The first kappa shape index (κ1) is 9.87. The molecular weight excluding hydrogens is 202 g/mol. The number of carbonyl (C=O) groups is 1. The summed E-state index contributed by atoms with van der Waals surface area (Å²) in [5, 5.41) is 0. The zero-order valence-corrected chi connectivity index (χ0v) is 9.38. The normalized spacial score (nSPS) is 22.4. The second-order valence-electron chi connectivity index (χ2n) is 4.89. The number of hydrogen-bond donors (Lipinski definition) is 0. The van der Waals surface area contributed by atoms with Gasteiger partial charge in [0.15, 0.2) is 0 Å². The van der Waals surface area contributed by atoms with Gasteiger partial charge in [0, 0.05) is 31.4 Å². The smallest absolute Gasteiger partial charge is 0.225 e. The maximum Gasteiger partial charge on any atom is 0.225 e. The molecule has 0 radical (unpaired) electrons. The largest absolute Gasteiger partial charge is 0.338 e. The van der Waals surface area contributed by atoms with Gasteiger partial charge in [0.05, 0.1) is 12.4 Å². The summed E-state index contributed by atoms with van der Waals surface area (Å²) in [6.45, 7) is 1.73. The molecular formula is C12H17N3O. The molecule has 0 atom stereocenters. The molecule has 16 heavy (non-hydrogen) atoms. The van der Waals surface area contributed by atoms with Gasteiger partial charge in [-0.25, -0.2) is 4.98 Å². The van der Waals surface area contributed by atoms with Gasteiger partial charge in [-0.1, -0.05) is 12.8 Å². The van der Waals surface area contributed by atoms with E-state index < -0.39 is 0 Å². The molecule has 2 fully saturated rings. The van der Waals surface area contributed by atoms with Gasteiger partial charge in [-0.15, -0.1) is 0 Å². The Labute approximate surface area is 95.3 Å². The Hall–Kier alpha value is -1.32. The topological polar surface area (TPSA) is 38.1 Å². The molecule has 2 aliphatic rings. The molecule has 1 aromatic heterocycles. The van der Waals surface area contributed by atoms with Gasteiger partial charge < -0.3 is 9.47 Å². The summed E-state index contributed by atoms with van der Waals surface area (Å²) < 4.78 is 2.10. The lowest BCUT2D eigenvalue weighted by molar-refractivity contribution is -0.141. The predicted molar refractivity (Wildman–Crippen MR) is 59.8 cm³/mol. The average molecular weight is 219 g/mol. The minimum Gasteiger partial charge on any atom is -0.338 e. The molecule has 0 bridgehead atoms. The molecule has 1 aromatic rings. The standard InChI is InChI=1S/C12H17N3O/c16-12(10-3-1-2-4-10)15-7-11(8-15)14-6-5-13-9-14/h5-6,9-11H,1-4,7-8H2. The Kier molecular flexibility index (Phi) is 2.42. The Balaban J connectivity index is 1.55. The van der Waals surface area contributed by atoms with E-state index in [1.54, 1.807) is 6.20 Å². The van der Waals surface area contributed by atoms with Crippen LogP contribution in [0, 0.1) is 5.92 Å². The first-order valence-corrected chi connectivity index (χ1v) is 6.11. The summed E-state index contributed by atoms with van der Waals surface area (Å²) in [6.07, 6.45) is 10.3. The lowest BCUT2D eigenvalue weighted by Gasteiger charge is -2.41. The van der Waals surface area contributed by atoms with Crippen molar-refractivity contribution >= 4 is 5.91 Å². The van der Waals surface area contributed by atoms with E-state index in [0.717, 1.165) is 25.9 Å². The van der Waals surface area contributed by atoms with Crippen LogP contribution in [0.1, 0.15) is 31.7 Å². The van der Waals surface area contributed by atoms with Gasteiger partial charge in [0.2, 0.25) is 5.91 Å². The molecule has 0 aromatic carbocycles. The monoisotopic (exact) mass is 219 g/mol. The summed E-state index contributed by atoms with van der Waals surface area (Å²) in [6, 6.07) is 0.452. The summed E-state index contributed by atoms with van der Waals surface area (Å²) in [4.78, 5) is 18.1. The maximum absolute atomic E-state index is 12.0.